The van der Waals surface area contributed by atoms with Gasteiger partial charge in [0.2, 0.25) is 0 Å². The summed E-state index contributed by atoms with van der Waals surface area (Å²) in [6.07, 6.45) is 2.96. The average Bonchev–Trinajstić information content (AvgIpc) is 2.81. The zero-order chi connectivity index (χ0) is 25.8. The van der Waals surface area contributed by atoms with Crippen molar-refractivity contribution in [2.45, 2.75) is 0 Å². The molecule has 0 N–H and O–H groups in total. The molecule has 180 valence electrons. The van der Waals surface area contributed by atoms with E-state index in [2.05, 4.69) is 26.1 Å². The summed E-state index contributed by atoms with van der Waals surface area (Å²) >= 11 is 0. The van der Waals surface area contributed by atoms with Crippen molar-refractivity contribution < 1.29 is 14.8 Å². The molecular formula is C24H25BN3O6P. The molecule has 0 aliphatic heterocycles. The Labute approximate surface area is 203 Å². The third kappa shape index (κ3) is 6.58. The van der Waals surface area contributed by atoms with E-state index in [9.17, 15) is 30.3 Å². The second kappa shape index (κ2) is 10.6. The van der Waals surface area contributed by atoms with E-state index >= 15 is 0 Å². The molecule has 3 aromatic rings. The number of nitro benzene ring substituents is 3. The zero-order valence-electron chi connectivity index (χ0n) is 19.6. The van der Waals surface area contributed by atoms with Gasteiger partial charge in [0.25, 0.3) is 0 Å². The Bertz CT molecular complexity index is 1210. The number of nitrogens with zero attached hydrogens (tertiary/aromatic N) is 3. The summed E-state index contributed by atoms with van der Waals surface area (Å²) in [7, 11) is -1.54. The Hall–Kier alpha value is -3.91. The van der Waals surface area contributed by atoms with Crippen LogP contribution in [0.25, 0.3) is 5.47 Å². The normalized spacial score (nSPS) is 12.1. The molecule has 0 radical (unpaired) electrons. The van der Waals surface area contributed by atoms with Crippen LogP contribution in [0.2, 0.25) is 0 Å². The van der Waals surface area contributed by atoms with Crippen LogP contribution in [0.1, 0.15) is 5.56 Å². The first-order valence-corrected chi connectivity index (χ1v) is 14.6. The Morgan fingerprint density at radius 3 is 1.34 bits per heavy atom. The first-order chi connectivity index (χ1) is 16.5. The molecule has 0 heterocycles. The summed E-state index contributed by atoms with van der Waals surface area (Å²) in [6, 6.07) is 18.7. The van der Waals surface area contributed by atoms with Crippen molar-refractivity contribution in [3.05, 3.63) is 115 Å². The van der Waals surface area contributed by atoms with E-state index in [1.54, 1.807) is 36.4 Å². The van der Waals surface area contributed by atoms with Crippen LogP contribution in [0.15, 0.2) is 78.9 Å². The monoisotopic (exact) mass is 493 g/mol. The van der Waals surface area contributed by atoms with Gasteiger partial charge in [0, 0.05) is 0 Å². The third-order valence-electron chi connectivity index (χ3n) is 5.53. The molecule has 0 atom stereocenters. The Morgan fingerprint density at radius 1 is 0.686 bits per heavy atom. The van der Waals surface area contributed by atoms with Gasteiger partial charge in [-0.3, -0.25) is 0 Å². The van der Waals surface area contributed by atoms with Crippen LogP contribution in [0.5, 0.6) is 0 Å². The molecule has 0 bridgehead atoms. The quantitative estimate of drug-likeness (QED) is 0.189. The van der Waals surface area contributed by atoms with Gasteiger partial charge in [0.05, 0.1) is 0 Å². The van der Waals surface area contributed by atoms with Gasteiger partial charge in [-0.1, -0.05) is 0 Å². The van der Waals surface area contributed by atoms with Crippen LogP contribution in [0.3, 0.4) is 0 Å². The van der Waals surface area contributed by atoms with Crippen molar-refractivity contribution in [3.8, 4) is 0 Å². The number of non-ortho nitro benzene ring substituents is 3. The molecule has 0 spiro atoms. The van der Waals surface area contributed by atoms with Crippen LogP contribution in [-0.2, 0) is 0 Å². The van der Waals surface area contributed by atoms with E-state index in [-0.39, 0.29) is 17.1 Å². The molecule has 3 rings (SSSR count). The average molecular weight is 493 g/mol. The summed E-state index contributed by atoms with van der Waals surface area (Å²) < 4.78 is 0. The van der Waals surface area contributed by atoms with Gasteiger partial charge in [0.15, 0.2) is 0 Å². The first kappa shape index (κ1) is 25.7. The standard InChI is InChI=1S/C24H25BN3O6P/c1-35(2,3)17-16-24(18-4-10-21(11-5-18)26(29)30)25(19-6-12-22(13-7-19)27(31)32)20-8-14-23(15-9-20)28(33)34/h4-16,35H,17H2,1-3H3/b24-16-. The van der Waals surface area contributed by atoms with E-state index in [0.29, 0.717) is 0 Å². The Morgan fingerprint density at radius 2 is 1.03 bits per heavy atom. The van der Waals surface area contributed by atoms with Gasteiger partial charge in [-0.05, 0) is 0 Å². The van der Waals surface area contributed by atoms with Gasteiger partial charge in [-0.2, -0.15) is 0 Å². The predicted molar refractivity (Wildman–Crippen MR) is 143 cm³/mol. The maximum absolute atomic E-state index is 11.2. The van der Waals surface area contributed by atoms with Crippen molar-refractivity contribution in [2.24, 2.45) is 0 Å². The van der Waals surface area contributed by atoms with Crippen LogP contribution in [0, 0.1) is 30.3 Å². The first-order valence-electron chi connectivity index (χ1n) is 10.9. The SMILES string of the molecule is C[PH](C)(C)C/C=C(\B(c1ccc([N+](=O)[O-])cc1)c1ccc([N+](=O)[O-])cc1)c1ccc([N+](=O)[O-])cc1. The van der Waals surface area contributed by atoms with Crippen molar-refractivity contribution >= 4 is 47.4 Å². The summed E-state index contributed by atoms with van der Waals surface area (Å²) in [5.74, 6) is 0. The molecule has 0 saturated heterocycles. The van der Waals surface area contributed by atoms with Crippen LogP contribution in [0.4, 0.5) is 17.1 Å². The number of rotatable bonds is 9. The number of nitro groups is 3. The van der Waals surface area contributed by atoms with Crippen LogP contribution in [-0.4, -0.2) is 47.6 Å². The number of hydrogen-bond acceptors (Lipinski definition) is 6. The van der Waals surface area contributed by atoms with Gasteiger partial charge in [0.1, 0.15) is 0 Å². The summed E-state index contributed by atoms with van der Waals surface area (Å²) in [4.78, 5) is 32.2. The zero-order valence-corrected chi connectivity index (χ0v) is 20.6. The molecule has 0 aliphatic carbocycles. The number of benzene rings is 3. The minimum atomic E-state index is -1.54. The molecule has 3 aromatic carbocycles. The Balaban J connectivity index is 2.22. The summed E-state index contributed by atoms with van der Waals surface area (Å²) in [6.45, 7) is 6.28. The molecule has 0 amide bonds. The topological polar surface area (TPSA) is 129 Å². The predicted octanol–water partition coefficient (Wildman–Crippen LogP) is 4.28. The van der Waals surface area contributed by atoms with Crippen LogP contribution < -0.4 is 10.9 Å². The number of hydrogen-bond donors (Lipinski definition) is 0. The van der Waals surface area contributed by atoms with Crippen molar-refractivity contribution in [1.29, 1.82) is 0 Å². The van der Waals surface area contributed by atoms with Crippen molar-refractivity contribution in [2.75, 3.05) is 26.2 Å². The fourth-order valence-electron chi connectivity index (χ4n) is 3.72. The van der Waals surface area contributed by atoms with Gasteiger partial charge in [-0.25, -0.2) is 0 Å². The van der Waals surface area contributed by atoms with Crippen molar-refractivity contribution in [3.63, 3.8) is 0 Å². The van der Waals surface area contributed by atoms with E-state index in [0.717, 1.165) is 28.1 Å². The maximum atomic E-state index is 11.2. The molecule has 35 heavy (non-hydrogen) atoms. The Kier molecular flexibility index (Phi) is 7.76. The second-order valence-corrected chi connectivity index (χ2v) is 14.9. The molecule has 11 heteroatoms. The molecule has 0 unspecified atom stereocenters. The summed E-state index contributed by atoms with van der Waals surface area (Å²) in [5.41, 5.74) is 3.08. The fourth-order valence-corrected chi connectivity index (χ4v) is 4.55. The third-order valence-corrected chi connectivity index (χ3v) is 6.96. The summed E-state index contributed by atoms with van der Waals surface area (Å²) in [5, 5.41) is 33.6. The van der Waals surface area contributed by atoms with E-state index in [1.165, 1.54) is 36.4 Å². The van der Waals surface area contributed by atoms with Crippen LogP contribution >= 0.6 is 7.26 Å². The number of allylic oxidation sites excluding steroid dienone is 1. The molecular weight excluding hydrogens is 468 g/mol. The van der Waals surface area contributed by atoms with Gasteiger partial charge < -0.3 is 0 Å². The molecule has 0 aromatic heterocycles. The van der Waals surface area contributed by atoms with E-state index in [4.69, 9.17) is 0 Å². The second-order valence-electron chi connectivity index (χ2n) is 9.36. The fraction of sp³-hybridized carbons (Fsp3) is 0.167. The van der Waals surface area contributed by atoms with E-state index in [1.807, 2.05) is 0 Å². The van der Waals surface area contributed by atoms with E-state index < -0.39 is 28.7 Å². The minimum absolute atomic E-state index is 0.0273. The van der Waals surface area contributed by atoms with Crippen molar-refractivity contribution in [1.82, 2.24) is 0 Å². The van der Waals surface area contributed by atoms with Gasteiger partial charge in [-0.15, -0.1) is 0 Å². The van der Waals surface area contributed by atoms with Gasteiger partial charge >= 0.3 is 203 Å². The molecule has 0 saturated carbocycles. The molecule has 0 aliphatic rings. The molecule has 0 fully saturated rings. The molecule has 9 nitrogen and oxygen atoms in total.